The molecule has 0 saturated heterocycles. The van der Waals surface area contributed by atoms with Crippen LogP contribution in [0.5, 0.6) is 0 Å². The minimum Gasteiger partial charge on any atom is -0.506 e. The standard InChI is InChI=1S/C14H7ClFN3O/c1-18-10(7-17)14(20-2)9-5-3-8-4-6-11(15)19-13(8)12(9)16/h3-6H,2H3/b14-10-. The molecule has 0 aliphatic carbocycles. The van der Waals surface area contributed by atoms with E-state index in [9.17, 15) is 4.39 Å². The Labute approximate surface area is 119 Å². The van der Waals surface area contributed by atoms with Gasteiger partial charge in [0.1, 0.15) is 16.4 Å². The zero-order valence-electron chi connectivity index (χ0n) is 10.3. The summed E-state index contributed by atoms with van der Waals surface area (Å²) in [6, 6.07) is 7.92. The molecule has 2 rings (SSSR count). The third-order valence-electron chi connectivity index (χ3n) is 2.65. The van der Waals surface area contributed by atoms with E-state index in [1.165, 1.54) is 13.2 Å². The van der Waals surface area contributed by atoms with Crippen LogP contribution in [0.15, 0.2) is 30.0 Å². The van der Waals surface area contributed by atoms with Gasteiger partial charge in [-0.3, -0.25) is 0 Å². The van der Waals surface area contributed by atoms with Crippen LogP contribution in [0.25, 0.3) is 21.5 Å². The van der Waals surface area contributed by atoms with Crippen LogP contribution < -0.4 is 0 Å². The Kier molecular flexibility index (Phi) is 3.84. The first-order valence-corrected chi connectivity index (χ1v) is 5.81. The molecule has 2 aromatic rings. The molecule has 0 radical (unpaired) electrons. The molecular weight excluding hydrogens is 281 g/mol. The molecule has 1 aromatic heterocycles. The first kappa shape index (κ1) is 13.8. The maximum Gasteiger partial charge on any atom is 0.303 e. The molecule has 0 spiro atoms. The molecule has 0 amide bonds. The summed E-state index contributed by atoms with van der Waals surface area (Å²) in [6.45, 7) is 6.92. The lowest BCUT2D eigenvalue weighted by atomic mass is 10.1. The molecule has 0 N–H and O–H groups in total. The highest BCUT2D eigenvalue weighted by Crippen LogP contribution is 2.28. The normalized spacial score (nSPS) is 11.4. The van der Waals surface area contributed by atoms with Crippen LogP contribution in [0.1, 0.15) is 5.56 Å². The first-order valence-electron chi connectivity index (χ1n) is 5.43. The summed E-state index contributed by atoms with van der Waals surface area (Å²) in [7, 11) is 1.27. The van der Waals surface area contributed by atoms with Crippen LogP contribution >= 0.6 is 11.6 Å². The van der Waals surface area contributed by atoms with Gasteiger partial charge >= 0.3 is 5.70 Å². The van der Waals surface area contributed by atoms with Gasteiger partial charge in [-0.2, -0.15) is 0 Å². The molecule has 0 unspecified atom stereocenters. The second-order valence-corrected chi connectivity index (χ2v) is 4.13. The summed E-state index contributed by atoms with van der Waals surface area (Å²) in [5.74, 6) is -0.804. The lowest BCUT2D eigenvalue weighted by Gasteiger charge is -2.09. The molecule has 1 heterocycles. The lowest BCUT2D eigenvalue weighted by Crippen LogP contribution is -1.97. The second-order valence-electron chi connectivity index (χ2n) is 3.74. The molecule has 0 bridgehead atoms. The highest BCUT2D eigenvalue weighted by Gasteiger charge is 2.17. The van der Waals surface area contributed by atoms with E-state index in [1.807, 2.05) is 0 Å². The Bertz CT molecular complexity index is 786. The summed E-state index contributed by atoms with van der Waals surface area (Å²) in [6.07, 6.45) is 0. The number of pyridine rings is 1. The van der Waals surface area contributed by atoms with Gasteiger partial charge < -0.3 is 4.74 Å². The van der Waals surface area contributed by atoms with E-state index in [1.54, 1.807) is 24.3 Å². The van der Waals surface area contributed by atoms with Gasteiger partial charge in [0.15, 0.2) is 5.82 Å². The zero-order chi connectivity index (χ0) is 14.7. The Morgan fingerprint density at radius 1 is 1.45 bits per heavy atom. The van der Waals surface area contributed by atoms with Crippen LogP contribution in [0.3, 0.4) is 0 Å². The smallest absolute Gasteiger partial charge is 0.303 e. The van der Waals surface area contributed by atoms with Crippen LogP contribution in [0.2, 0.25) is 5.15 Å². The molecule has 20 heavy (non-hydrogen) atoms. The maximum atomic E-state index is 14.5. The minimum absolute atomic E-state index is 0.00215. The number of benzene rings is 1. The minimum atomic E-state index is -0.682. The van der Waals surface area contributed by atoms with Crippen molar-refractivity contribution in [1.29, 1.82) is 5.26 Å². The number of hydrogen-bond donors (Lipinski definition) is 0. The van der Waals surface area contributed by atoms with E-state index in [0.29, 0.717) is 5.39 Å². The largest absolute Gasteiger partial charge is 0.506 e. The number of rotatable bonds is 2. The van der Waals surface area contributed by atoms with E-state index in [-0.39, 0.29) is 27.7 Å². The van der Waals surface area contributed by atoms with E-state index >= 15 is 0 Å². The molecule has 0 atom stereocenters. The zero-order valence-corrected chi connectivity index (χ0v) is 11.1. The topological polar surface area (TPSA) is 50.3 Å². The van der Waals surface area contributed by atoms with Crippen LogP contribution in [-0.4, -0.2) is 12.1 Å². The first-order chi connectivity index (χ1) is 9.62. The Morgan fingerprint density at radius 2 is 2.15 bits per heavy atom. The molecule has 98 valence electrons. The number of nitriles is 1. The molecule has 0 aliphatic heterocycles. The number of ether oxygens (including phenoxy) is 1. The van der Waals surface area contributed by atoms with E-state index < -0.39 is 5.82 Å². The third kappa shape index (κ3) is 2.27. The Morgan fingerprint density at radius 3 is 2.75 bits per heavy atom. The number of halogens is 2. The summed E-state index contributed by atoms with van der Waals surface area (Å²) >= 11 is 5.75. The summed E-state index contributed by atoms with van der Waals surface area (Å²) in [4.78, 5) is 6.94. The van der Waals surface area contributed by atoms with Crippen molar-refractivity contribution in [2.45, 2.75) is 0 Å². The summed E-state index contributed by atoms with van der Waals surface area (Å²) in [5.41, 5.74) is -0.262. The maximum absolute atomic E-state index is 14.5. The molecule has 1 aromatic carbocycles. The fourth-order valence-electron chi connectivity index (χ4n) is 1.77. The number of allylic oxidation sites excluding steroid dienone is 1. The van der Waals surface area contributed by atoms with Gasteiger partial charge in [0, 0.05) is 10.9 Å². The molecule has 0 aliphatic rings. The SMILES string of the molecule is [C-]#[N+]/C(C#N)=C(\OC)c1ccc2ccc(Cl)nc2c1F. The van der Waals surface area contributed by atoms with Gasteiger partial charge in [-0.15, -0.1) is 0 Å². The van der Waals surface area contributed by atoms with Gasteiger partial charge in [-0.25, -0.2) is 19.5 Å². The average molecular weight is 288 g/mol. The fourth-order valence-corrected chi connectivity index (χ4v) is 1.91. The van der Waals surface area contributed by atoms with Crippen molar-refractivity contribution in [3.05, 3.63) is 57.9 Å². The lowest BCUT2D eigenvalue weighted by molar-refractivity contribution is 0.366. The number of fused-ring (bicyclic) bond motifs is 1. The van der Waals surface area contributed by atoms with E-state index in [2.05, 4.69) is 9.83 Å². The number of methoxy groups -OCH3 is 1. The van der Waals surface area contributed by atoms with Crippen molar-refractivity contribution in [1.82, 2.24) is 4.98 Å². The molecule has 0 saturated carbocycles. The average Bonchev–Trinajstić information content (AvgIpc) is 2.46. The predicted octanol–water partition coefficient (Wildman–Crippen LogP) is 3.79. The summed E-state index contributed by atoms with van der Waals surface area (Å²) < 4.78 is 19.5. The van der Waals surface area contributed by atoms with Crippen molar-refractivity contribution in [3.8, 4) is 6.07 Å². The van der Waals surface area contributed by atoms with Crippen LogP contribution in [-0.2, 0) is 4.74 Å². The Hall–Kier alpha value is -2.63. The van der Waals surface area contributed by atoms with Crippen molar-refractivity contribution in [2.24, 2.45) is 0 Å². The number of aromatic nitrogens is 1. The van der Waals surface area contributed by atoms with Crippen LogP contribution in [0, 0.1) is 23.7 Å². The van der Waals surface area contributed by atoms with Crippen molar-refractivity contribution in [2.75, 3.05) is 7.11 Å². The highest BCUT2D eigenvalue weighted by atomic mass is 35.5. The van der Waals surface area contributed by atoms with E-state index in [0.717, 1.165) is 0 Å². The molecule has 0 fully saturated rings. The van der Waals surface area contributed by atoms with Crippen LogP contribution in [0.4, 0.5) is 4.39 Å². The van der Waals surface area contributed by atoms with Crippen molar-refractivity contribution < 1.29 is 9.13 Å². The number of nitrogens with zero attached hydrogens (tertiary/aromatic N) is 3. The molecular formula is C14H7ClFN3O. The molecule has 6 heteroatoms. The predicted molar refractivity (Wildman–Crippen MR) is 72.9 cm³/mol. The number of hydrogen-bond acceptors (Lipinski definition) is 3. The quantitative estimate of drug-likeness (QED) is 0.365. The van der Waals surface area contributed by atoms with Crippen molar-refractivity contribution in [3.63, 3.8) is 0 Å². The second kappa shape index (κ2) is 5.56. The van der Waals surface area contributed by atoms with Crippen molar-refractivity contribution >= 4 is 28.3 Å². The van der Waals surface area contributed by atoms with Gasteiger partial charge in [-0.05, 0) is 18.2 Å². The van der Waals surface area contributed by atoms with Gasteiger partial charge in [0.05, 0.1) is 19.8 Å². The highest BCUT2D eigenvalue weighted by molar-refractivity contribution is 6.29. The fraction of sp³-hybridized carbons (Fsp3) is 0.0714. The Balaban J connectivity index is 2.80. The van der Waals surface area contributed by atoms with Gasteiger partial charge in [-0.1, -0.05) is 17.7 Å². The monoisotopic (exact) mass is 287 g/mol. The summed E-state index contributed by atoms with van der Waals surface area (Å²) in [5, 5.41) is 9.59. The van der Waals surface area contributed by atoms with Gasteiger partial charge in [0.2, 0.25) is 0 Å². The molecule has 4 nitrogen and oxygen atoms in total. The van der Waals surface area contributed by atoms with Gasteiger partial charge in [0.25, 0.3) is 0 Å². The van der Waals surface area contributed by atoms with E-state index in [4.69, 9.17) is 28.2 Å². The third-order valence-corrected chi connectivity index (χ3v) is 2.86.